The summed E-state index contributed by atoms with van der Waals surface area (Å²) in [5.74, 6) is 0.771. The van der Waals surface area contributed by atoms with E-state index in [0.29, 0.717) is 11.7 Å². The van der Waals surface area contributed by atoms with E-state index in [0.717, 1.165) is 12.2 Å². The zero-order valence-corrected chi connectivity index (χ0v) is 8.91. The topological polar surface area (TPSA) is 61.0 Å². The second kappa shape index (κ2) is 4.86. The number of nitrogens with two attached hydrogens (primary N) is 1. The van der Waals surface area contributed by atoms with E-state index in [4.69, 9.17) is 10.5 Å². The van der Waals surface area contributed by atoms with Gasteiger partial charge in [-0.3, -0.25) is 0 Å². The van der Waals surface area contributed by atoms with E-state index in [1.165, 1.54) is 23.4 Å². The molecule has 0 saturated carbocycles. The third kappa shape index (κ3) is 2.74. The van der Waals surface area contributed by atoms with Crippen molar-refractivity contribution in [1.29, 1.82) is 0 Å². The summed E-state index contributed by atoms with van der Waals surface area (Å²) >= 11 is 1.23. The van der Waals surface area contributed by atoms with Crippen molar-refractivity contribution in [1.82, 2.24) is 9.36 Å². The Morgan fingerprint density at radius 1 is 1.27 bits per heavy atom. The number of nitrogens with zero attached hydrogens (tertiary/aromatic N) is 2. The molecule has 0 bridgehead atoms. The van der Waals surface area contributed by atoms with Gasteiger partial charge >= 0.3 is 0 Å². The average Bonchev–Trinajstić information content (AvgIpc) is 2.74. The lowest BCUT2D eigenvalue weighted by Crippen LogP contribution is -2.02. The quantitative estimate of drug-likeness (QED) is 0.855. The van der Waals surface area contributed by atoms with Gasteiger partial charge in [-0.15, -0.1) is 0 Å². The molecule has 0 aliphatic carbocycles. The van der Waals surface area contributed by atoms with Crippen LogP contribution in [-0.2, 0) is 6.42 Å². The zero-order chi connectivity index (χ0) is 10.5. The van der Waals surface area contributed by atoms with E-state index >= 15 is 0 Å². The Balaban J connectivity index is 2.04. The first-order valence-electron chi connectivity index (χ1n) is 4.62. The van der Waals surface area contributed by atoms with Gasteiger partial charge in [-0.2, -0.15) is 9.36 Å². The van der Waals surface area contributed by atoms with Gasteiger partial charge in [-0.1, -0.05) is 12.1 Å². The lowest BCUT2D eigenvalue weighted by molar-refractivity contribution is 0.478. The maximum absolute atomic E-state index is 5.47. The van der Waals surface area contributed by atoms with Crippen molar-refractivity contribution >= 4 is 11.5 Å². The maximum Gasteiger partial charge on any atom is 0.298 e. The van der Waals surface area contributed by atoms with Crippen LogP contribution in [0.4, 0.5) is 0 Å². The molecule has 1 aromatic carbocycles. The van der Waals surface area contributed by atoms with Crippen molar-refractivity contribution < 1.29 is 4.74 Å². The van der Waals surface area contributed by atoms with Gasteiger partial charge in [0.2, 0.25) is 0 Å². The molecule has 1 aromatic heterocycles. The second-order valence-electron chi connectivity index (χ2n) is 2.99. The number of hydrogen-bond acceptors (Lipinski definition) is 5. The van der Waals surface area contributed by atoms with E-state index in [1.807, 2.05) is 24.3 Å². The molecule has 2 rings (SSSR count). The highest BCUT2D eigenvalue weighted by atomic mass is 32.1. The van der Waals surface area contributed by atoms with Crippen LogP contribution in [0.25, 0.3) is 0 Å². The lowest BCUT2D eigenvalue weighted by Gasteiger charge is -2.02. The summed E-state index contributed by atoms with van der Waals surface area (Å²) in [5, 5.41) is 0.557. The van der Waals surface area contributed by atoms with Gasteiger partial charge in [0, 0.05) is 11.5 Å². The molecule has 2 N–H and O–H groups in total. The molecule has 0 spiro atoms. The van der Waals surface area contributed by atoms with Crippen molar-refractivity contribution in [2.45, 2.75) is 6.42 Å². The van der Waals surface area contributed by atoms with E-state index in [-0.39, 0.29) is 0 Å². The lowest BCUT2D eigenvalue weighted by atomic mass is 10.1. The van der Waals surface area contributed by atoms with Crippen LogP contribution >= 0.6 is 11.5 Å². The zero-order valence-electron chi connectivity index (χ0n) is 8.09. The van der Waals surface area contributed by atoms with Gasteiger partial charge in [-0.25, -0.2) is 0 Å². The summed E-state index contributed by atoms with van der Waals surface area (Å²) in [6.45, 7) is 0.663. The van der Waals surface area contributed by atoms with Crippen molar-refractivity contribution in [3.05, 3.63) is 36.2 Å². The molecule has 0 aliphatic rings. The Morgan fingerprint density at radius 3 is 2.67 bits per heavy atom. The molecule has 0 amide bonds. The van der Waals surface area contributed by atoms with Crippen LogP contribution in [0.2, 0.25) is 0 Å². The summed E-state index contributed by atoms with van der Waals surface area (Å²) in [7, 11) is 0. The van der Waals surface area contributed by atoms with E-state index < -0.39 is 0 Å². The van der Waals surface area contributed by atoms with Crippen molar-refractivity contribution in [2.75, 3.05) is 6.54 Å². The fraction of sp³-hybridized carbons (Fsp3) is 0.200. The molecule has 0 saturated heterocycles. The minimum atomic E-state index is 0.557. The molecule has 0 radical (unpaired) electrons. The molecule has 0 fully saturated rings. The van der Waals surface area contributed by atoms with Crippen molar-refractivity contribution in [2.24, 2.45) is 5.73 Å². The van der Waals surface area contributed by atoms with Crippen LogP contribution < -0.4 is 10.5 Å². The Bertz CT molecular complexity index is 399. The van der Waals surface area contributed by atoms with E-state index in [2.05, 4.69) is 9.36 Å². The minimum Gasteiger partial charge on any atom is -0.430 e. The molecule has 0 unspecified atom stereocenters. The SMILES string of the molecule is NCCc1ccc(Oc2ncns2)cc1. The predicted octanol–water partition coefficient (Wildman–Crippen LogP) is 1.83. The molecule has 15 heavy (non-hydrogen) atoms. The smallest absolute Gasteiger partial charge is 0.298 e. The van der Waals surface area contributed by atoms with Gasteiger partial charge in [0.15, 0.2) is 0 Å². The molecule has 4 nitrogen and oxygen atoms in total. The number of rotatable bonds is 4. The summed E-state index contributed by atoms with van der Waals surface area (Å²) in [6.07, 6.45) is 2.36. The Morgan fingerprint density at radius 2 is 2.07 bits per heavy atom. The third-order valence-corrected chi connectivity index (χ3v) is 2.45. The van der Waals surface area contributed by atoms with Crippen LogP contribution in [0.15, 0.2) is 30.6 Å². The summed E-state index contributed by atoms with van der Waals surface area (Å²) < 4.78 is 9.32. The van der Waals surface area contributed by atoms with Gasteiger partial charge in [0.25, 0.3) is 5.19 Å². The molecule has 2 aromatic rings. The Labute approximate surface area is 91.9 Å². The van der Waals surface area contributed by atoms with Gasteiger partial charge in [0.1, 0.15) is 12.1 Å². The first-order chi connectivity index (χ1) is 7.38. The Hall–Kier alpha value is -1.46. The van der Waals surface area contributed by atoms with Crippen LogP contribution in [0, 0.1) is 0 Å². The minimum absolute atomic E-state index is 0.557. The fourth-order valence-electron chi connectivity index (χ4n) is 1.20. The van der Waals surface area contributed by atoms with Crippen LogP contribution in [-0.4, -0.2) is 15.9 Å². The number of hydrogen-bond donors (Lipinski definition) is 1. The van der Waals surface area contributed by atoms with Crippen LogP contribution in [0.1, 0.15) is 5.56 Å². The molecule has 1 heterocycles. The number of aromatic nitrogens is 2. The normalized spacial score (nSPS) is 10.2. The third-order valence-electron chi connectivity index (χ3n) is 1.90. The van der Waals surface area contributed by atoms with Crippen molar-refractivity contribution in [3.63, 3.8) is 0 Å². The number of benzene rings is 1. The molecular formula is C10H11N3OS. The summed E-state index contributed by atoms with van der Waals surface area (Å²) in [5.41, 5.74) is 6.67. The second-order valence-corrected chi connectivity index (χ2v) is 3.73. The first-order valence-corrected chi connectivity index (χ1v) is 5.39. The molecular weight excluding hydrogens is 210 g/mol. The number of ether oxygens (including phenoxy) is 1. The maximum atomic E-state index is 5.47. The van der Waals surface area contributed by atoms with Gasteiger partial charge in [-0.05, 0) is 30.7 Å². The monoisotopic (exact) mass is 221 g/mol. The highest BCUT2D eigenvalue weighted by Gasteiger charge is 1.99. The van der Waals surface area contributed by atoms with Crippen LogP contribution in [0.3, 0.4) is 0 Å². The highest BCUT2D eigenvalue weighted by Crippen LogP contribution is 2.21. The summed E-state index contributed by atoms with van der Waals surface area (Å²) in [4.78, 5) is 3.94. The van der Waals surface area contributed by atoms with E-state index in [1.54, 1.807) is 0 Å². The predicted molar refractivity (Wildman–Crippen MR) is 59.2 cm³/mol. The first kappa shape index (κ1) is 10.1. The standard InChI is InChI=1S/C10H11N3OS/c11-6-5-8-1-3-9(4-2-8)14-10-12-7-13-15-10/h1-4,7H,5-6,11H2. The fourth-order valence-corrected chi connectivity index (χ4v) is 1.61. The highest BCUT2D eigenvalue weighted by molar-refractivity contribution is 7.07. The molecule has 0 aliphatic heterocycles. The van der Waals surface area contributed by atoms with Crippen molar-refractivity contribution in [3.8, 4) is 10.9 Å². The molecule has 78 valence electrons. The van der Waals surface area contributed by atoms with E-state index in [9.17, 15) is 0 Å². The Kier molecular flexibility index (Phi) is 3.26. The largest absolute Gasteiger partial charge is 0.430 e. The van der Waals surface area contributed by atoms with Gasteiger partial charge in [0.05, 0.1) is 0 Å². The van der Waals surface area contributed by atoms with Gasteiger partial charge < -0.3 is 10.5 Å². The average molecular weight is 221 g/mol. The molecule has 5 heteroatoms. The molecule has 0 atom stereocenters. The van der Waals surface area contributed by atoms with Crippen LogP contribution in [0.5, 0.6) is 10.9 Å². The summed E-state index contributed by atoms with van der Waals surface area (Å²) in [6, 6.07) is 7.82.